The number of amides is 1. The van der Waals surface area contributed by atoms with E-state index >= 15 is 0 Å². The average molecular weight is 432 g/mol. The van der Waals surface area contributed by atoms with Gasteiger partial charge in [0.15, 0.2) is 0 Å². The summed E-state index contributed by atoms with van der Waals surface area (Å²) in [6, 6.07) is 3.32. The Morgan fingerprint density at radius 3 is 2.77 bits per heavy atom. The summed E-state index contributed by atoms with van der Waals surface area (Å²) >= 11 is 0. The highest BCUT2D eigenvalue weighted by atomic mass is 19.4. The third kappa shape index (κ3) is 3.79. The predicted octanol–water partition coefficient (Wildman–Crippen LogP) is 3.57. The fourth-order valence-electron chi connectivity index (χ4n) is 3.79. The molecule has 1 fully saturated rings. The number of pyridine rings is 1. The molecule has 0 saturated heterocycles. The number of aromatic nitrogens is 5. The van der Waals surface area contributed by atoms with Crippen LogP contribution in [0.1, 0.15) is 71.2 Å². The molecule has 8 nitrogen and oxygen atoms in total. The van der Waals surface area contributed by atoms with Crippen molar-refractivity contribution in [2.45, 2.75) is 50.2 Å². The van der Waals surface area contributed by atoms with Crippen molar-refractivity contribution in [3.63, 3.8) is 0 Å². The molecule has 3 aromatic rings. The molecular formula is C20H19F3N6O2. The Morgan fingerprint density at radius 1 is 1.26 bits per heavy atom. The summed E-state index contributed by atoms with van der Waals surface area (Å²) in [5, 5.41) is 6.03. The Hall–Kier alpha value is -3.24. The van der Waals surface area contributed by atoms with Crippen molar-refractivity contribution >= 4 is 5.91 Å². The van der Waals surface area contributed by atoms with Gasteiger partial charge in [-0.2, -0.15) is 18.2 Å². The van der Waals surface area contributed by atoms with E-state index in [-0.39, 0.29) is 0 Å². The topological polar surface area (TPSA) is 98.7 Å². The second-order valence-corrected chi connectivity index (χ2v) is 7.87. The molecule has 5 rings (SSSR count). The van der Waals surface area contributed by atoms with Crippen LogP contribution in [0.4, 0.5) is 13.2 Å². The number of alkyl halides is 3. The molecule has 3 aromatic heterocycles. The molecule has 11 heteroatoms. The number of aryl methyl sites for hydroxylation is 2. The molecule has 0 spiro atoms. The normalized spacial score (nSPS) is 18.6. The van der Waals surface area contributed by atoms with E-state index in [1.165, 1.54) is 7.05 Å². The van der Waals surface area contributed by atoms with Gasteiger partial charge in [-0.1, -0.05) is 0 Å². The van der Waals surface area contributed by atoms with Gasteiger partial charge >= 0.3 is 6.18 Å². The number of hydrogen-bond donors (Lipinski definition) is 1. The summed E-state index contributed by atoms with van der Waals surface area (Å²) < 4.78 is 45.3. The van der Waals surface area contributed by atoms with Crippen molar-refractivity contribution in [3.05, 3.63) is 47.1 Å². The van der Waals surface area contributed by atoms with E-state index in [0.717, 1.165) is 35.2 Å². The van der Waals surface area contributed by atoms with Crippen molar-refractivity contribution in [1.82, 2.24) is 30.0 Å². The number of hydrogen-bond acceptors (Lipinski definition) is 6. The zero-order valence-electron chi connectivity index (χ0n) is 16.6. The van der Waals surface area contributed by atoms with E-state index in [4.69, 9.17) is 4.42 Å². The lowest BCUT2D eigenvalue weighted by Crippen LogP contribution is -2.32. The number of nitrogens with zero attached hydrogens (tertiary/aromatic N) is 5. The van der Waals surface area contributed by atoms with Gasteiger partial charge in [0.1, 0.15) is 11.5 Å². The first kappa shape index (κ1) is 19.7. The number of halogens is 3. The number of rotatable bonds is 4. The van der Waals surface area contributed by atoms with Crippen LogP contribution in [0.3, 0.4) is 0 Å². The van der Waals surface area contributed by atoms with E-state index in [1.807, 2.05) is 12.1 Å². The first-order valence-corrected chi connectivity index (χ1v) is 10.0. The highest BCUT2D eigenvalue weighted by molar-refractivity contribution is 5.91. The van der Waals surface area contributed by atoms with Gasteiger partial charge in [-0.3, -0.25) is 9.78 Å². The summed E-state index contributed by atoms with van der Waals surface area (Å²) in [5.74, 6) is -0.889. The van der Waals surface area contributed by atoms with E-state index < -0.39 is 29.8 Å². The second-order valence-electron chi connectivity index (χ2n) is 7.87. The van der Waals surface area contributed by atoms with Crippen molar-refractivity contribution < 1.29 is 22.4 Å². The molecule has 0 aromatic carbocycles. The first-order chi connectivity index (χ1) is 14.8. The largest absolute Gasteiger partial charge is 0.453 e. The molecule has 162 valence electrons. The van der Waals surface area contributed by atoms with Gasteiger partial charge in [0.2, 0.25) is 11.7 Å². The molecule has 0 radical (unpaired) electrons. The summed E-state index contributed by atoms with van der Waals surface area (Å²) in [6.07, 6.45) is 1.30. The van der Waals surface area contributed by atoms with Gasteiger partial charge < -0.3 is 9.73 Å². The number of carbonyl (C=O) groups excluding carboxylic acids is 1. The Bertz CT molecular complexity index is 1150. The van der Waals surface area contributed by atoms with Crippen LogP contribution < -0.4 is 5.32 Å². The molecule has 1 amide bonds. The minimum absolute atomic E-state index is 0.411. The number of fused-ring (bicyclic) bond motifs is 1. The molecule has 0 unspecified atom stereocenters. The molecule has 1 N–H and O–H groups in total. The minimum atomic E-state index is -4.72. The van der Waals surface area contributed by atoms with Gasteiger partial charge in [-0.15, -0.1) is 5.10 Å². The van der Waals surface area contributed by atoms with Gasteiger partial charge in [0.05, 0.1) is 6.04 Å². The molecule has 0 bridgehead atoms. The fraction of sp³-hybridized carbons (Fsp3) is 0.450. The lowest BCUT2D eigenvalue weighted by molar-refractivity contribution is -0.144. The molecule has 1 atom stereocenters. The number of nitrogens with one attached hydrogen (secondary N) is 1. The average Bonchev–Trinajstić information content (AvgIpc) is 3.35. The van der Waals surface area contributed by atoms with Crippen LogP contribution in [0.2, 0.25) is 0 Å². The van der Waals surface area contributed by atoms with Crippen LogP contribution in [0.5, 0.6) is 0 Å². The standard InChI is InChI=1S/C20H19F3N6O2/c1-29-16(27-19(28-29)20(21,22)23)17(30)25-12-3-2-4-14-15(12)26-18(31-14)11-7-8-24-13(9-11)10-5-6-10/h7-10,12H,2-6H2,1H3,(H,25,30)/t12-/m0/s1. The van der Waals surface area contributed by atoms with Crippen LogP contribution in [0.15, 0.2) is 22.7 Å². The van der Waals surface area contributed by atoms with Crippen LogP contribution >= 0.6 is 0 Å². The van der Waals surface area contributed by atoms with Crippen LogP contribution in [-0.4, -0.2) is 30.6 Å². The molecule has 2 aliphatic rings. The highest BCUT2D eigenvalue weighted by Gasteiger charge is 2.38. The van der Waals surface area contributed by atoms with Crippen molar-refractivity contribution in [2.75, 3.05) is 0 Å². The monoisotopic (exact) mass is 432 g/mol. The Morgan fingerprint density at radius 2 is 2.06 bits per heavy atom. The van der Waals surface area contributed by atoms with Crippen LogP contribution in [0, 0.1) is 0 Å². The zero-order valence-corrected chi connectivity index (χ0v) is 16.6. The Balaban J connectivity index is 1.39. The Kier molecular flexibility index (Phi) is 4.56. The summed E-state index contributed by atoms with van der Waals surface area (Å²) in [7, 11) is 1.25. The van der Waals surface area contributed by atoms with E-state index in [9.17, 15) is 18.0 Å². The smallest absolute Gasteiger partial charge is 0.441 e. The maximum absolute atomic E-state index is 12.8. The van der Waals surface area contributed by atoms with E-state index in [1.54, 1.807) is 6.20 Å². The fourth-order valence-corrected chi connectivity index (χ4v) is 3.79. The SMILES string of the molecule is Cn1nc(C(F)(F)F)nc1C(=O)N[C@H]1CCCc2oc(-c3ccnc(C4CC4)c3)nc21. The lowest BCUT2D eigenvalue weighted by atomic mass is 9.97. The van der Waals surface area contributed by atoms with Crippen LogP contribution in [-0.2, 0) is 19.6 Å². The maximum atomic E-state index is 12.8. The lowest BCUT2D eigenvalue weighted by Gasteiger charge is -2.20. The van der Waals surface area contributed by atoms with Crippen molar-refractivity contribution in [2.24, 2.45) is 7.05 Å². The quantitative estimate of drug-likeness (QED) is 0.677. The molecular weight excluding hydrogens is 413 g/mol. The highest BCUT2D eigenvalue weighted by Crippen LogP contribution is 2.40. The van der Waals surface area contributed by atoms with Crippen molar-refractivity contribution in [3.8, 4) is 11.5 Å². The maximum Gasteiger partial charge on any atom is 0.453 e. The summed E-state index contributed by atoms with van der Waals surface area (Å²) in [4.78, 5) is 25.0. The minimum Gasteiger partial charge on any atom is -0.441 e. The Labute approximate surface area is 174 Å². The van der Waals surface area contributed by atoms with E-state index in [0.29, 0.717) is 36.1 Å². The third-order valence-electron chi connectivity index (χ3n) is 5.50. The predicted molar refractivity (Wildman–Crippen MR) is 101 cm³/mol. The zero-order chi connectivity index (χ0) is 21.8. The summed E-state index contributed by atoms with van der Waals surface area (Å²) in [5.41, 5.74) is 2.43. The van der Waals surface area contributed by atoms with E-state index in [2.05, 4.69) is 25.4 Å². The number of oxazole rings is 1. The first-order valence-electron chi connectivity index (χ1n) is 10.0. The van der Waals surface area contributed by atoms with Gasteiger partial charge in [-0.25, -0.2) is 9.67 Å². The molecule has 1 saturated carbocycles. The molecule has 3 heterocycles. The second kappa shape index (κ2) is 7.17. The van der Waals surface area contributed by atoms with Gasteiger partial charge in [0.25, 0.3) is 11.7 Å². The van der Waals surface area contributed by atoms with Crippen LogP contribution in [0.25, 0.3) is 11.5 Å². The van der Waals surface area contributed by atoms with Crippen molar-refractivity contribution in [1.29, 1.82) is 0 Å². The molecule has 0 aliphatic heterocycles. The number of carbonyl (C=O) groups is 1. The molecule has 2 aliphatic carbocycles. The molecule has 31 heavy (non-hydrogen) atoms. The van der Waals surface area contributed by atoms with Gasteiger partial charge in [0, 0.05) is 36.8 Å². The summed E-state index contributed by atoms with van der Waals surface area (Å²) in [6.45, 7) is 0. The van der Waals surface area contributed by atoms with Gasteiger partial charge in [-0.05, 0) is 37.8 Å². The third-order valence-corrected chi connectivity index (χ3v) is 5.50.